The Balaban J connectivity index is 1.08. The van der Waals surface area contributed by atoms with E-state index in [0.717, 1.165) is 54.5 Å². The van der Waals surface area contributed by atoms with E-state index in [1.54, 1.807) is 11.0 Å². The first-order chi connectivity index (χ1) is 16.7. The van der Waals surface area contributed by atoms with Crippen molar-refractivity contribution in [1.82, 2.24) is 24.6 Å². The average molecular weight is 461 g/mol. The van der Waals surface area contributed by atoms with Crippen molar-refractivity contribution in [3.63, 3.8) is 0 Å². The zero-order valence-corrected chi connectivity index (χ0v) is 19.1. The van der Waals surface area contributed by atoms with Crippen LogP contribution in [0.3, 0.4) is 0 Å². The molecule has 176 valence electrons. The van der Waals surface area contributed by atoms with Gasteiger partial charge in [0, 0.05) is 39.8 Å². The van der Waals surface area contributed by atoms with E-state index in [-0.39, 0.29) is 6.61 Å². The van der Waals surface area contributed by atoms with Gasteiger partial charge in [0.15, 0.2) is 5.65 Å². The van der Waals surface area contributed by atoms with E-state index < -0.39 is 6.10 Å². The van der Waals surface area contributed by atoms with Crippen LogP contribution in [0.2, 0.25) is 0 Å². The van der Waals surface area contributed by atoms with Crippen LogP contribution < -0.4 is 14.4 Å². The van der Waals surface area contributed by atoms with Crippen molar-refractivity contribution in [2.75, 3.05) is 44.2 Å². The fraction of sp³-hybridized carbons (Fsp3) is 0.320. The third-order valence-electron chi connectivity index (χ3n) is 5.89. The normalized spacial score (nSPS) is 15.4. The first kappa shape index (κ1) is 22.1. The highest BCUT2D eigenvalue weighted by atomic mass is 16.5. The topological polar surface area (TPSA) is 88.8 Å². The van der Waals surface area contributed by atoms with Gasteiger partial charge in [0.25, 0.3) is 0 Å². The maximum absolute atomic E-state index is 10.5. The van der Waals surface area contributed by atoms with Gasteiger partial charge in [-0.05, 0) is 36.4 Å². The number of aryl methyl sites for hydroxylation is 1. The van der Waals surface area contributed by atoms with Gasteiger partial charge in [-0.3, -0.25) is 9.58 Å². The Labute approximate surface area is 198 Å². The van der Waals surface area contributed by atoms with E-state index in [9.17, 15) is 5.11 Å². The number of benzene rings is 2. The molecular weight excluding hydrogens is 432 g/mol. The van der Waals surface area contributed by atoms with Gasteiger partial charge in [-0.1, -0.05) is 18.2 Å². The van der Waals surface area contributed by atoms with Crippen LogP contribution in [0.15, 0.2) is 67.1 Å². The molecule has 1 fully saturated rings. The van der Waals surface area contributed by atoms with Gasteiger partial charge in [-0.25, -0.2) is 9.97 Å². The number of hydrogen-bond donors (Lipinski definition) is 1. The summed E-state index contributed by atoms with van der Waals surface area (Å²) in [5.74, 6) is 3.15. The molecule has 3 heterocycles. The van der Waals surface area contributed by atoms with Crippen LogP contribution in [-0.4, -0.2) is 75.2 Å². The number of ether oxygens (including phenoxy) is 2. The highest BCUT2D eigenvalue weighted by Crippen LogP contribution is 2.24. The molecule has 0 aliphatic carbocycles. The molecule has 1 aliphatic rings. The molecule has 1 atom stereocenters. The molecule has 0 saturated carbocycles. The summed E-state index contributed by atoms with van der Waals surface area (Å²) in [7, 11) is 1.88. The molecule has 0 radical (unpaired) electrons. The second kappa shape index (κ2) is 10.1. The molecule has 9 nitrogen and oxygen atoms in total. The molecule has 4 aromatic rings. The van der Waals surface area contributed by atoms with E-state index in [0.29, 0.717) is 12.3 Å². The van der Waals surface area contributed by atoms with E-state index in [2.05, 4.69) is 24.9 Å². The molecule has 1 unspecified atom stereocenters. The second-order valence-electron chi connectivity index (χ2n) is 8.34. The van der Waals surface area contributed by atoms with Crippen molar-refractivity contribution in [2.45, 2.75) is 6.10 Å². The summed E-state index contributed by atoms with van der Waals surface area (Å²) in [6.45, 7) is 4.15. The number of fused-ring (bicyclic) bond motifs is 1. The predicted molar refractivity (Wildman–Crippen MR) is 129 cm³/mol. The second-order valence-corrected chi connectivity index (χ2v) is 8.34. The lowest BCUT2D eigenvalue weighted by atomic mass is 10.2. The molecule has 0 bridgehead atoms. The number of anilines is 1. The van der Waals surface area contributed by atoms with Crippen molar-refractivity contribution < 1.29 is 14.6 Å². The standard InChI is InChI=1S/C25H28N6O3/c1-29-24-23(15-28-29)25(27-18-26-24)31-13-11-30(12-14-31)16-19(32)17-33-20-7-9-22(10-8-20)34-21-5-3-2-4-6-21/h2-10,15,18-19,32H,11-14,16-17H2,1H3. The molecule has 1 saturated heterocycles. The summed E-state index contributed by atoms with van der Waals surface area (Å²) >= 11 is 0. The molecule has 5 rings (SSSR count). The number of aliphatic hydroxyl groups excluding tert-OH is 1. The minimum absolute atomic E-state index is 0.237. The first-order valence-electron chi connectivity index (χ1n) is 11.4. The Hall–Kier alpha value is -3.69. The highest BCUT2D eigenvalue weighted by molar-refractivity contribution is 5.86. The smallest absolute Gasteiger partial charge is 0.163 e. The maximum atomic E-state index is 10.5. The molecular formula is C25H28N6O3. The molecule has 9 heteroatoms. The van der Waals surface area contributed by atoms with Crippen LogP contribution in [-0.2, 0) is 7.05 Å². The van der Waals surface area contributed by atoms with E-state index in [1.165, 1.54) is 0 Å². The molecule has 0 spiro atoms. The summed E-state index contributed by atoms with van der Waals surface area (Å²) < 4.78 is 13.3. The van der Waals surface area contributed by atoms with Gasteiger partial charge >= 0.3 is 0 Å². The van der Waals surface area contributed by atoms with Crippen molar-refractivity contribution in [1.29, 1.82) is 0 Å². The third kappa shape index (κ3) is 5.11. The summed E-state index contributed by atoms with van der Waals surface area (Å²) in [5.41, 5.74) is 0.833. The monoisotopic (exact) mass is 460 g/mol. The minimum Gasteiger partial charge on any atom is -0.491 e. The summed E-state index contributed by atoms with van der Waals surface area (Å²) in [5, 5.41) is 15.8. The van der Waals surface area contributed by atoms with Gasteiger partial charge in [-0.2, -0.15) is 5.10 Å². The van der Waals surface area contributed by atoms with Crippen molar-refractivity contribution >= 4 is 16.9 Å². The lowest BCUT2D eigenvalue weighted by molar-refractivity contribution is 0.0662. The van der Waals surface area contributed by atoms with Crippen LogP contribution >= 0.6 is 0 Å². The number of hydrogen-bond acceptors (Lipinski definition) is 8. The Kier molecular flexibility index (Phi) is 6.55. The minimum atomic E-state index is -0.573. The van der Waals surface area contributed by atoms with Crippen LogP contribution in [0.4, 0.5) is 5.82 Å². The predicted octanol–water partition coefficient (Wildman–Crippen LogP) is 2.72. The first-order valence-corrected chi connectivity index (χ1v) is 11.4. The fourth-order valence-electron chi connectivity index (χ4n) is 4.12. The van der Waals surface area contributed by atoms with E-state index >= 15 is 0 Å². The third-order valence-corrected chi connectivity index (χ3v) is 5.89. The zero-order chi connectivity index (χ0) is 23.3. The van der Waals surface area contributed by atoms with Gasteiger partial charge in [0.1, 0.15) is 42.1 Å². The highest BCUT2D eigenvalue weighted by Gasteiger charge is 2.22. The van der Waals surface area contributed by atoms with Crippen molar-refractivity contribution in [2.24, 2.45) is 7.05 Å². The number of para-hydroxylation sites is 1. The molecule has 1 N–H and O–H groups in total. The van der Waals surface area contributed by atoms with E-state index in [4.69, 9.17) is 9.47 Å². The van der Waals surface area contributed by atoms with Crippen LogP contribution in [0.5, 0.6) is 17.2 Å². The summed E-state index contributed by atoms with van der Waals surface area (Å²) in [4.78, 5) is 13.3. The van der Waals surface area contributed by atoms with Crippen LogP contribution in [0.25, 0.3) is 11.0 Å². The largest absolute Gasteiger partial charge is 0.491 e. The van der Waals surface area contributed by atoms with Crippen LogP contribution in [0, 0.1) is 0 Å². The SMILES string of the molecule is Cn1ncc2c(N3CCN(CC(O)COc4ccc(Oc5ccccc5)cc4)CC3)ncnc21. The Morgan fingerprint density at radius 2 is 1.62 bits per heavy atom. The molecule has 1 aliphatic heterocycles. The van der Waals surface area contributed by atoms with Gasteiger partial charge in [-0.15, -0.1) is 0 Å². The number of piperazine rings is 1. The number of aliphatic hydroxyl groups is 1. The quantitative estimate of drug-likeness (QED) is 0.429. The summed E-state index contributed by atoms with van der Waals surface area (Å²) in [6.07, 6.45) is 2.84. The molecule has 2 aromatic carbocycles. The Morgan fingerprint density at radius 3 is 2.38 bits per heavy atom. The van der Waals surface area contributed by atoms with Gasteiger partial charge in [0.2, 0.25) is 0 Å². The maximum Gasteiger partial charge on any atom is 0.163 e. The van der Waals surface area contributed by atoms with Gasteiger partial charge in [0.05, 0.1) is 11.6 Å². The fourth-order valence-corrected chi connectivity index (χ4v) is 4.12. The number of β-amino-alcohol motifs (C(OH)–C–C–N with tert-alkyl or cyclic N) is 1. The lowest BCUT2D eigenvalue weighted by Crippen LogP contribution is -2.49. The van der Waals surface area contributed by atoms with Crippen molar-refractivity contribution in [3.8, 4) is 17.2 Å². The number of rotatable bonds is 8. The lowest BCUT2D eigenvalue weighted by Gasteiger charge is -2.36. The average Bonchev–Trinajstić information content (AvgIpc) is 3.26. The molecule has 0 amide bonds. The van der Waals surface area contributed by atoms with E-state index in [1.807, 2.05) is 67.8 Å². The number of nitrogens with zero attached hydrogens (tertiary/aromatic N) is 6. The van der Waals surface area contributed by atoms with Crippen molar-refractivity contribution in [3.05, 3.63) is 67.1 Å². The zero-order valence-electron chi connectivity index (χ0n) is 19.1. The Morgan fingerprint density at radius 1 is 0.912 bits per heavy atom. The number of aromatic nitrogens is 4. The molecule has 2 aromatic heterocycles. The van der Waals surface area contributed by atoms with Gasteiger partial charge < -0.3 is 19.5 Å². The Bertz CT molecular complexity index is 1210. The molecule has 34 heavy (non-hydrogen) atoms. The summed E-state index contributed by atoms with van der Waals surface area (Å²) in [6, 6.07) is 17.1. The van der Waals surface area contributed by atoms with Crippen LogP contribution in [0.1, 0.15) is 0 Å².